The van der Waals surface area contributed by atoms with Crippen molar-refractivity contribution in [1.82, 2.24) is 10.2 Å². The molecule has 36 heavy (non-hydrogen) atoms. The SMILES string of the molecule is COc1cccc(C(=O)N2C[C@@H](C(=O)NCc3ccc4c(c3)OCO4)[C@H](c3ccccc3OC)C2)c1. The van der Waals surface area contributed by atoms with Crippen molar-refractivity contribution in [3.05, 3.63) is 83.4 Å². The fraction of sp³-hybridized carbons (Fsp3) is 0.286. The zero-order valence-electron chi connectivity index (χ0n) is 20.2. The van der Waals surface area contributed by atoms with Crippen molar-refractivity contribution in [2.45, 2.75) is 12.5 Å². The number of amides is 2. The van der Waals surface area contributed by atoms with E-state index in [4.69, 9.17) is 18.9 Å². The van der Waals surface area contributed by atoms with Crippen LogP contribution in [0, 0.1) is 5.92 Å². The number of hydrogen-bond donors (Lipinski definition) is 1. The Bertz CT molecular complexity index is 1280. The molecule has 0 aliphatic carbocycles. The van der Waals surface area contributed by atoms with Gasteiger partial charge < -0.3 is 29.2 Å². The monoisotopic (exact) mass is 488 g/mol. The van der Waals surface area contributed by atoms with Crippen LogP contribution >= 0.6 is 0 Å². The number of hydrogen-bond acceptors (Lipinski definition) is 6. The smallest absolute Gasteiger partial charge is 0.254 e. The van der Waals surface area contributed by atoms with E-state index in [1.54, 1.807) is 43.4 Å². The molecule has 3 aromatic carbocycles. The Morgan fingerprint density at radius 3 is 2.61 bits per heavy atom. The largest absolute Gasteiger partial charge is 0.497 e. The van der Waals surface area contributed by atoms with Gasteiger partial charge in [0.05, 0.1) is 20.1 Å². The molecule has 1 saturated heterocycles. The molecule has 0 aromatic heterocycles. The third-order valence-corrected chi connectivity index (χ3v) is 6.70. The predicted octanol–water partition coefficient (Wildman–Crippen LogP) is 3.60. The van der Waals surface area contributed by atoms with E-state index in [-0.39, 0.29) is 24.5 Å². The number of para-hydroxylation sites is 1. The average Bonchev–Trinajstić information content (AvgIpc) is 3.58. The summed E-state index contributed by atoms with van der Waals surface area (Å²) in [6.45, 7) is 1.24. The van der Waals surface area contributed by atoms with Crippen LogP contribution in [0.3, 0.4) is 0 Å². The molecule has 2 heterocycles. The van der Waals surface area contributed by atoms with Gasteiger partial charge in [-0.05, 0) is 47.5 Å². The quantitative estimate of drug-likeness (QED) is 0.547. The summed E-state index contributed by atoms with van der Waals surface area (Å²) in [5, 5.41) is 3.05. The van der Waals surface area contributed by atoms with Crippen LogP contribution in [0.2, 0.25) is 0 Å². The van der Waals surface area contributed by atoms with Gasteiger partial charge in [0.2, 0.25) is 12.7 Å². The number of benzene rings is 3. The van der Waals surface area contributed by atoms with E-state index in [1.807, 2.05) is 42.5 Å². The van der Waals surface area contributed by atoms with E-state index in [1.165, 1.54) is 0 Å². The maximum absolute atomic E-state index is 13.5. The molecule has 1 fully saturated rings. The third kappa shape index (κ3) is 4.66. The Labute approximate surface area is 209 Å². The van der Waals surface area contributed by atoms with Gasteiger partial charge in [-0.15, -0.1) is 0 Å². The standard InChI is InChI=1S/C28H28N2O6/c1-33-20-7-5-6-19(13-20)28(32)30-15-22(21-8-3-4-9-24(21)34-2)23(16-30)27(31)29-14-18-10-11-25-26(12-18)36-17-35-25/h3-13,22-23H,14-17H2,1-2H3,(H,29,31)/t22-,23+/m0/s1. The fourth-order valence-electron chi connectivity index (χ4n) is 4.83. The van der Waals surface area contributed by atoms with Gasteiger partial charge in [-0.2, -0.15) is 0 Å². The Balaban J connectivity index is 1.37. The molecule has 8 heteroatoms. The molecule has 0 spiro atoms. The van der Waals surface area contributed by atoms with Gasteiger partial charge in [0.15, 0.2) is 11.5 Å². The first-order valence-corrected chi connectivity index (χ1v) is 11.8. The summed E-state index contributed by atoms with van der Waals surface area (Å²) in [5.41, 5.74) is 2.34. The van der Waals surface area contributed by atoms with Crippen LogP contribution in [-0.2, 0) is 11.3 Å². The molecule has 0 unspecified atom stereocenters. The lowest BCUT2D eigenvalue weighted by atomic mass is 9.87. The van der Waals surface area contributed by atoms with E-state index >= 15 is 0 Å². The topological polar surface area (TPSA) is 86.3 Å². The normalized spacial score (nSPS) is 18.1. The summed E-state index contributed by atoms with van der Waals surface area (Å²) < 4.78 is 21.7. The minimum Gasteiger partial charge on any atom is -0.497 e. The zero-order valence-corrected chi connectivity index (χ0v) is 20.2. The predicted molar refractivity (Wildman–Crippen MR) is 133 cm³/mol. The Kier molecular flexibility index (Phi) is 6.66. The second-order valence-electron chi connectivity index (χ2n) is 8.80. The van der Waals surface area contributed by atoms with Crippen LogP contribution in [-0.4, -0.2) is 50.8 Å². The highest BCUT2D eigenvalue weighted by molar-refractivity contribution is 5.95. The van der Waals surface area contributed by atoms with E-state index in [2.05, 4.69) is 5.32 Å². The minimum absolute atomic E-state index is 0.121. The summed E-state index contributed by atoms with van der Waals surface area (Å²) in [4.78, 5) is 28.6. The molecule has 2 amide bonds. The van der Waals surface area contributed by atoms with Crippen LogP contribution < -0.4 is 24.3 Å². The summed E-state index contributed by atoms with van der Waals surface area (Å²) in [5.74, 6) is 1.76. The summed E-state index contributed by atoms with van der Waals surface area (Å²) >= 11 is 0. The molecule has 8 nitrogen and oxygen atoms in total. The molecule has 2 aliphatic rings. The highest BCUT2D eigenvalue weighted by Gasteiger charge is 2.41. The number of rotatable bonds is 7. The van der Waals surface area contributed by atoms with Crippen LogP contribution in [0.25, 0.3) is 0 Å². The maximum atomic E-state index is 13.5. The van der Waals surface area contributed by atoms with Crippen molar-refractivity contribution in [2.24, 2.45) is 5.92 Å². The first kappa shape index (κ1) is 23.5. The second-order valence-corrected chi connectivity index (χ2v) is 8.80. The van der Waals surface area contributed by atoms with Crippen molar-refractivity contribution in [2.75, 3.05) is 34.1 Å². The van der Waals surface area contributed by atoms with Crippen molar-refractivity contribution >= 4 is 11.8 Å². The van der Waals surface area contributed by atoms with Gasteiger partial charge in [0, 0.05) is 31.1 Å². The van der Waals surface area contributed by atoms with E-state index < -0.39 is 5.92 Å². The Morgan fingerprint density at radius 1 is 0.944 bits per heavy atom. The molecule has 0 radical (unpaired) electrons. The molecular formula is C28H28N2O6. The molecule has 186 valence electrons. The number of nitrogens with one attached hydrogen (secondary N) is 1. The third-order valence-electron chi connectivity index (χ3n) is 6.70. The number of ether oxygens (including phenoxy) is 4. The van der Waals surface area contributed by atoms with Crippen molar-refractivity contribution in [3.8, 4) is 23.0 Å². The highest BCUT2D eigenvalue weighted by atomic mass is 16.7. The average molecular weight is 489 g/mol. The number of nitrogens with zero attached hydrogens (tertiary/aromatic N) is 1. The molecular weight excluding hydrogens is 460 g/mol. The number of likely N-dealkylation sites (tertiary alicyclic amines) is 1. The van der Waals surface area contributed by atoms with Gasteiger partial charge in [0.25, 0.3) is 5.91 Å². The van der Waals surface area contributed by atoms with Crippen molar-refractivity contribution in [1.29, 1.82) is 0 Å². The van der Waals surface area contributed by atoms with Gasteiger partial charge in [0.1, 0.15) is 11.5 Å². The molecule has 1 N–H and O–H groups in total. The van der Waals surface area contributed by atoms with Crippen LogP contribution in [0.5, 0.6) is 23.0 Å². The first-order valence-electron chi connectivity index (χ1n) is 11.8. The van der Waals surface area contributed by atoms with E-state index in [0.29, 0.717) is 48.2 Å². The molecule has 0 bridgehead atoms. The lowest BCUT2D eigenvalue weighted by molar-refractivity contribution is -0.125. The van der Waals surface area contributed by atoms with Crippen molar-refractivity contribution < 1.29 is 28.5 Å². The fourth-order valence-corrected chi connectivity index (χ4v) is 4.83. The Morgan fingerprint density at radius 2 is 1.78 bits per heavy atom. The Hall–Kier alpha value is -4.20. The molecule has 0 saturated carbocycles. The maximum Gasteiger partial charge on any atom is 0.254 e. The van der Waals surface area contributed by atoms with Crippen molar-refractivity contribution in [3.63, 3.8) is 0 Å². The van der Waals surface area contributed by atoms with Gasteiger partial charge in [-0.1, -0.05) is 30.3 Å². The highest BCUT2D eigenvalue weighted by Crippen LogP contribution is 2.38. The van der Waals surface area contributed by atoms with E-state index in [0.717, 1.165) is 11.1 Å². The first-order chi connectivity index (χ1) is 17.6. The van der Waals surface area contributed by atoms with Gasteiger partial charge in [-0.25, -0.2) is 0 Å². The van der Waals surface area contributed by atoms with Crippen LogP contribution in [0.4, 0.5) is 0 Å². The number of fused-ring (bicyclic) bond motifs is 1. The number of carbonyl (C=O) groups is 2. The summed E-state index contributed by atoms with van der Waals surface area (Å²) in [6, 6.07) is 20.3. The summed E-state index contributed by atoms with van der Waals surface area (Å²) in [7, 11) is 3.18. The molecule has 3 aromatic rings. The second kappa shape index (κ2) is 10.2. The van der Waals surface area contributed by atoms with E-state index in [9.17, 15) is 9.59 Å². The lowest BCUT2D eigenvalue weighted by Gasteiger charge is -2.20. The number of carbonyl (C=O) groups excluding carboxylic acids is 2. The van der Waals surface area contributed by atoms with Gasteiger partial charge in [-0.3, -0.25) is 9.59 Å². The molecule has 5 rings (SSSR count). The summed E-state index contributed by atoms with van der Waals surface area (Å²) in [6.07, 6.45) is 0. The van der Waals surface area contributed by atoms with Crippen LogP contribution in [0.15, 0.2) is 66.7 Å². The van der Waals surface area contributed by atoms with Gasteiger partial charge >= 0.3 is 0 Å². The molecule has 2 aliphatic heterocycles. The molecule has 2 atom stereocenters. The van der Waals surface area contributed by atoms with Crippen LogP contribution in [0.1, 0.15) is 27.4 Å². The zero-order chi connectivity index (χ0) is 25.1. The lowest BCUT2D eigenvalue weighted by Crippen LogP contribution is -2.35. The minimum atomic E-state index is -0.440. The number of methoxy groups -OCH3 is 2.